The molecule has 2 rings (SSSR count). The normalized spacial score (nSPS) is 10.0. The number of carbonyl (C=O) groups excluding carboxylic acids is 3. The van der Waals surface area contributed by atoms with Gasteiger partial charge in [-0.2, -0.15) is 0 Å². The number of aryl methyl sites for hydroxylation is 2. The van der Waals surface area contributed by atoms with E-state index >= 15 is 0 Å². The number of rotatable bonds is 8. The molecule has 0 radical (unpaired) electrons. The van der Waals surface area contributed by atoms with E-state index in [-0.39, 0.29) is 43.1 Å². The molecule has 0 unspecified atom stereocenters. The number of halogens is 1. The number of amides is 3. The van der Waals surface area contributed by atoms with E-state index in [1.807, 2.05) is 24.3 Å². The third kappa shape index (κ3) is 7.71. The van der Waals surface area contributed by atoms with Gasteiger partial charge in [0.1, 0.15) is 4.88 Å². The Labute approximate surface area is 180 Å². The Kier molecular flexibility index (Phi) is 9.57. The summed E-state index contributed by atoms with van der Waals surface area (Å²) in [7, 11) is 3.34. The van der Waals surface area contributed by atoms with Crippen molar-refractivity contribution < 1.29 is 14.4 Å². The second-order valence-corrected chi connectivity index (χ2v) is 7.51. The summed E-state index contributed by atoms with van der Waals surface area (Å²) >= 11 is 1.13. The number of thiazole rings is 1. The highest BCUT2D eigenvalue weighted by atomic mass is 35.5. The molecule has 158 valence electrons. The number of nitrogen functional groups attached to an aromatic ring is 1. The summed E-state index contributed by atoms with van der Waals surface area (Å²) in [6.45, 7) is 1.63. The predicted octanol–water partition coefficient (Wildman–Crippen LogP) is 2.10. The zero-order valence-corrected chi connectivity index (χ0v) is 18.3. The third-order valence-electron chi connectivity index (χ3n) is 3.94. The number of carbonyl (C=O) groups is 3. The van der Waals surface area contributed by atoms with Crippen LogP contribution in [0.25, 0.3) is 0 Å². The molecule has 1 heterocycles. The Morgan fingerprint density at radius 3 is 2.38 bits per heavy atom. The minimum absolute atomic E-state index is 0. The number of aromatic nitrogens is 1. The first-order valence-corrected chi connectivity index (χ1v) is 9.68. The van der Waals surface area contributed by atoms with E-state index in [2.05, 4.69) is 15.6 Å². The number of nitrogens with zero attached hydrogens (tertiary/aromatic N) is 2. The maximum Gasteiger partial charge on any atom is 0.263 e. The van der Waals surface area contributed by atoms with Gasteiger partial charge in [0.15, 0.2) is 5.13 Å². The van der Waals surface area contributed by atoms with Crippen molar-refractivity contribution in [2.45, 2.75) is 26.2 Å². The highest BCUT2D eigenvalue weighted by Crippen LogP contribution is 2.24. The van der Waals surface area contributed by atoms with Gasteiger partial charge < -0.3 is 21.3 Å². The van der Waals surface area contributed by atoms with Gasteiger partial charge in [-0.25, -0.2) is 4.98 Å². The number of benzene rings is 1. The Morgan fingerprint density at radius 2 is 1.79 bits per heavy atom. The molecule has 29 heavy (non-hydrogen) atoms. The van der Waals surface area contributed by atoms with Crippen molar-refractivity contribution in [3.63, 3.8) is 0 Å². The molecule has 0 aliphatic carbocycles. The lowest BCUT2D eigenvalue weighted by molar-refractivity contribution is -0.128. The lowest BCUT2D eigenvalue weighted by Crippen LogP contribution is -2.30. The summed E-state index contributed by atoms with van der Waals surface area (Å²) in [5, 5.41) is 5.76. The maximum atomic E-state index is 12.6. The monoisotopic (exact) mass is 439 g/mol. The molecule has 8 nitrogen and oxygen atoms in total. The van der Waals surface area contributed by atoms with E-state index in [0.717, 1.165) is 16.9 Å². The van der Waals surface area contributed by atoms with E-state index in [4.69, 9.17) is 5.73 Å². The van der Waals surface area contributed by atoms with Crippen molar-refractivity contribution in [2.75, 3.05) is 31.7 Å². The first-order valence-electron chi connectivity index (χ1n) is 8.86. The second-order valence-electron chi connectivity index (χ2n) is 6.51. The molecule has 4 N–H and O–H groups in total. The van der Waals surface area contributed by atoms with Crippen molar-refractivity contribution in [3.8, 4) is 0 Å². The van der Waals surface area contributed by atoms with Crippen LogP contribution in [0.2, 0.25) is 0 Å². The molecule has 0 saturated carbocycles. The minimum atomic E-state index is -0.298. The van der Waals surface area contributed by atoms with Crippen LogP contribution in [-0.2, 0) is 22.4 Å². The fourth-order valence-electron chi connectivity index (χ4n) is 2.44. The van der Waals surface area contributed by atoms with Crippen LogP contribution >= 0.6 is 23.7 Å². The molecule has 0 spiro atoms. The molecule has 0 fully saturated rings. The molecule has 10 heteroatoms. The van der Waals surface area contributed by atoms with Crippen LogP contribution in [0.5, 0.6) is 0 Å². The van der Waals surface area contributed by atoms with Crippen LogP contribution in [0.4, 0.5) is 10.8 Å². The van der Waals surface area contributed by atoms with E-state index in [1.54, 1.807) is 14.1 Å². The Balaban J connectivity index is 0.00000420. The topological polar surface area (TPSA) is 117 Å². The summed E-state index contributed by atoms with van der Waals surface area (Å²) in [5.41, 5.74) is 8.08. The SMILES string of the molecule is CC(=O)Nc1nc(CCc2ccc(N)cc2)c(C(=O)NCCC(=O)N(C)C)s1.Cl. The standard InChI is InChI=1S/C19H25N5O3S.ClH/c1-12(25)22-19-23-15(9-6-13-4-7-14(20)8-5-13)17(28-19)18(27)21-11-10-16(26)24(2)3;/h4-5,7-8H,6,9-11,20H2,1-3H3,(H,21,27)(H,22,23,25);1H. The van der Waals surface area contributed by atoms with Gasteiger partial charge in [0.05, 0.1) is 5.69 Å². The maximum absolute atomic E-state index is 12.6. The smallest absolute Gasteiger partial charge is 0.263 e. The average Bonchev–Trinajstić information content (AvgIpc) is 3.03. The van der Waals surface area contributed by atoms with Crippen molar-refractivity contribution in [2.24, 2.45) is 0 Å². The third-order valence-corrected chi connectivity index (χ3v) is 4.95. The van der Waals surface area contributed by atoms with Crippen molar-refractivity contribution >= 4 is 52.3 Å². The van der Waals surface area contributed by atoms with Gasteiger partial charge in [0, 0.05) is 39.7 Å². The van der Waals surface area contributed by atoms with Gasteiger partial charge in [-0.3, -0.25) is 14.4 Å². The van der Waals surface area contributed by atoms with E-state index < -0.39 is 0 Å². The first-order chi connectivity index (χ1) is 13.3. The summed E-state index contributed by atoms with van der Waals surface area (Å²) in [6.07, 6.45) is 1.44. The van der Waals surface area contributed by atoms with E-state index in [1.165, 1.54) is 11.8 Å². The zero-order valence-electron chi connectivity index (χ0n) is 16.7. The molecule has 1 aromatic heterocycles. The average molecular weight is 440 g/mol. The van der Waals surface area contributed by atoms with Crippen molar-refractivity contribution in [1.82, 2.24) is 15.2 Å². The summed E-state index contributed by atoms with van der Waals surface area (Å²) < 4.78 is 0. The van der Waals surface area contributed by atoms with Gasteiger partial charge in [-0.05, 0) is 30.5 Å². The van der Waals surface area contributed by atoms with Crippen LogP contribution < -0.4 is 16.4 Å². The quantitative estimate of drug-likeness (QED) is 0.544. The molecule has 0 aliphatic rings. The van der Waals surface area contributed by atoms with E-state index in [9.17, 15) is 14.4 Å². The Bertz CT molecular complexity index is 852. The van der Waals surface area contributed by atoms with Gasteiger partial charge in [0.25, 0.3) is 5.91 Å². The molecule has 0 bridgehead atoms. The van der Waals surface area contributed by atoms with Crippen molar-refractivity contribution in [1.29, 1.82) is 0 Å². The Hall–Kier alpha value is -2.65. The number of nitrogens with one attached hydrogen (secondary N) is 2. The summed E-state index contributed by atoms with van der Waals surface area (Å²) in [5.74, 6) is -0.609. The number of anilines is 2. The summed E-state index contributed by atoms with van der Waals surface area (Å²) in [4.78, 5) is 41.9. The molecule has 0 aliphatic heterocycles. The fraction of sp³-hybridized carbons (Fsp3) is 0.368. The second kappa shape index (κ2) is 11.4. The highest BCUT2D eigenvalue weighted by molar-refractivity contribution is 7.17. The molecule has 2 aromatic rings. The lowest BCUT2D eigenvalue weighted by atomic mass is 10.1. The predicted molar refractivity (Wildman–Crippen MR) is 118 cm³/mol. The van der Waals surface area contributed by atoms with Crippen LogP contribution in [0, 0.1) is 0 Å². The molecule has 3 amide bonds. The molecule has 0 atom stereocenters. The molecule has 0 saturated heterocycles. The lowest BCUT2D eigenvalue weighted by Gasteiger charge is -2.10. The molecular formula is C19H26ClN5O3S. The van der Waals surface area contributed by atoms with Crippen LogP contribution in [0.15, 0.2) is 24.3 Å². The van der Waals surface area contributed by atoms with Crippen LogP contribution in [-0.4, -0.2) is 48.2 Å². The largest absolute Gasteiger partial charge is 0.399 e. The minimum Gasteiger partial charge on any atom is -0.399 e. The van der Waals surface area contributed by atoms with Gasteiger partial charge in [-0.15, -0.1) is 12.4 Å². The van der Waals surface area contributed by atoms with Crippen LogP contribution in [0.3, 0.4) is 0 Å². The van der Waals surface area contributed by atoms with E-state index in [0.29, 0.717) is 34.2 Å². The highest BCUT2D eigenvalue weighted by Gasteiger charge is 2.19. The molecule has 1 aromatic carbocycles. The van der Waals surface area contributed by atoms with Crippen molar-refractivity contribution in [3.05, 3.63) is 40.4 Å². The van der Waals surface area contributed by atoms with Gasteiger partial charge in [0.2, 0.25) is 11.8 Å². The fourth-order valence-corrected chi connectivity index (χ4v) is 3.41. The van der Waals surface area contributed by atoms with Gasteiger partial charge in [-0.1, -0.05) is 23.5 Å². The van der Waals surface area contributed by atoms with Crippen LogP contribution in [0.1, 0.15) is 34.3 Å². The number of hydrogen-bond donors (Lipinski definition) is 3. The summed E-state index contributed by atoms with van der Waals surface area (Å²) in [6, 6.07) is 7.52. The number of nitrogens with two attached hydrogens (primary N) is 1. The first kappa shape index (κ1) is 24.4. The number of hydrogen-bond acceptors (Lipinski definition) is 6. The Morgan fingerprint density at radius 1 is 1.14 bits per heavy atom. The zero-order chi connectivity index (χ0) is 20.7. The van der Waals surface area contributed by atoms with Gasteiger partial charge >= 0.3 is 0 Å². The molecular weight excluding hydrogens is 414 g/mol.